The lowest BCUT2D eigenvalue weighted by molar-refractivity contribution is 0.102. The largest absolute Gasteiger partial charge is 0.322 e. The minimum Gasteiger partial charge on any atom is -0.322 e. The summed E-state index contributed by atoms with van der Waals surface area (Å²) in [4.78, 5) is 15.5. The maximum absolute atomic E-state index is 12.7. The average Bonchev–Trinajstić information content (AvgIpc) is 2.39. The van der Waals surface area contributed by atoms with Crippen molar-refractivity contribution in [2.45, 2.75) is 19.8 Å². The van der Waals surface area contributed by atoms with E-state index in [0.717, 1.165) is 11.3 Å². The lowest BCUT2D eigenvalue weighted by Crippen LogP contribution is -2.14. The third-order valence-corrected chi connectivity index (χ3v) is 2.82. The molecule has 0 bridgehead atoms. The Morgan fingerprint density at radius 2 is 1.95 bits per heavy atom. The molecule has 0 saturated heterocycles. The molecule has 2 aromatic rings. The van der Waals surface area contributed by atoms with Gasteiger partial charge in [-0.1, -0.05) is 32.0 Å². The molecule has 1 heterocycles. The summed E-state index contributed by atoms with van der Waals surface area (Å²) in [6.07, 6.45) is 1.22. The van der Waals surface area contributed by atoms with Crippen LogP contribution in [0.3, 0.4) is 0 Å². The highest BCUT2D eigenvalue weighted by molar-refractivity contribution is 6.04. The second-order valence-electron chi connectivity index (χ2n) is 4.57. The fourth-order valence-electron chi connectivity index (χ4n) is 1.82. The molecule has 0 aliphatic heterocycles. The van der Waals surface area contributed by atoms with Crippen molar-refractivity contribution in [2.75, 3.05) is 5.32 Å². The lowest BCUT2D eigenvalue weighted by atomic mass is 10.0. The molecule has 0 aliphatic rings. The van der Waals surface area contributed by atoms with Gasteiger partial charge in [0.1, 0.15) is 0 Å². The normalized spacial score (nSPS) is 10.5. The number of halogens is 1. The van der Waals surface area contributed by atoms with Crippen molar-refractivity contribution in [1.29, 1.82) is 0 Å². The molecule has 0 atom stereocenters. The zero-order chi connectivity index (χ0) is 13.8. The highest BCUT2D eigenvalue weighted by Gasteiger charge is 2.11. The van der Waals surface area contributed by atoms with E-state index < -0.39 is 5.95 Å². The summed E-state index contributed by atoms with van der Waals surface area (Å²) < 4.78 is 12.7. The van der Waals surface area contributed by atoms with Crippen LogP contribution in [-0.4, -0.2) is 10.9 Å². The highest BCUT2D eigenvalue weighted by Crippen LogP contribution is 2.24. The van der Waals surface area contributed by atoms with Crippen LogP contribution in [0.15, 0.2) is 42.6 Å². The van der Waals surface area contributed by atoms with Gasteiger partial charge in [-0.3, -0.25) is 4.79 Å². The number of benzene rings is 1. The number of anilines is 1. The van der Waals surface area contributed by atoms with Crippen molar-refractivity contribution in [3.05, 3.63) is 59.7 Å². The molecule has 3 nitrogen and oxygen atoms in total. The number of amides is 1. The van der Waals surface area contributed by atoms with E-state index >= 15 is 0 Å². The van der Waals surface area contributed by atoms with E-state index in [1.165, 1.54) is 18.3 Å². The van der Waals surface area contributed by atoms with Gasteiger partial charge in [-0.15, -0.1) is 0 Å². The molecule has 1 aromatic heterocycles. The zero-order valence-electron chi connectivity index (χ0n) is 10.9. The molecule has 98 valence electrons. The Balaban J connectivity index is 2.22. The molecule has 4 heteroatoms. The molecule has 19 heavy (non-hydrogen) atoms. The first kappa shape index (κ1) is 13.2. The van der Waals surface area contributed by atoms with Gasteiger partial charge in [0.15, 0.2) is 0 Å². The summed E-state index contributed by atoms with van der Waals surface area (Å²) in [7, 11) is 0. The number of carbonyl (C=O) groups is 1. The van der Waals surface area contributed by atoms with Crippen molar-refractivity contribution in [2.24, 2.45) is 0 Å². The van der Waals surface area contributed by atoms with Gasteiger partial charge in [0.25, 0.3) is 5.91 Å². The van der Waals surface area contributed by atoms with Crippen LogP contribution in [0.4, 0.5) is 10.1 Å². The second kappa shape index (κ2) is 5.61. The first-order valence-corrected chi connectivity index (χ1v) is 6.09. The number of hydrogen-bond acceptors (Lipinski definition) is 2. The van der Waals surface area contributed by atoms with E-state index in [1.807, 2.05) is 24.3 Å². The molecule has 0 spiro atoms. The Morgan fingerprint density at radius 1 is 1.21 bits per heavy atom. The number of carbonyl (C=O) groups excluding carboxylic acids is 1. The van der Waals surface area contributed by atoms with Gasteiger partial charge >= 0.3 is 0 Å². The molecular weight excluding hydrogens is 243 g/mol. The third kappa shape index (κ3) is 3.16. The number of rotatable bonds is 3. The first-order valence-electron chi connectivity index (χ1n) is 6.09. The van der Waals surface area contributed by atoms with E-state index in [-0.39, 0.29) is 5.91 Å². The lowest BCUT2D eigenvalue weighted by Gasteiger charge is -2.13. The minimum atomic E-state index is -0.598. The van der Waals surface area contributed by atoms with E-state index in [1.54, 1.807) is 0 Å². The van der Waals surface area contributed by atoms with Crippen LogP contribution in [-0.2, 0) is 0 Å². The third-order valence-electron chi connectivity index (χ3n) is 2.82. The molecule has 0 fully saturated rings. The monoisotopic (exact) mass is 258 g/mol. The number of nitrogens with zero attached hydrogens (tertiary/aromatic N) is 1. The van der Waals surface area contributed by atoms with Gasteiger partial charge in [-0.2, -0.15) is 4.39 Å². The van der Waals surface area contributed by atoms with Gasteiger partial charge in [0.2, 0.25) is 5.95 Å². The second-order valence-corrected chi connectivity index (χ2v) is 4.57. The fraction of sp³-hybridized carbons (Fsp3) is 0.200. The van der Waals surface area contributed by atoms with Crippen LogP contribution < -0.4 is 5.32 Å². The number of para-hydroxylation sites is 1. The molecule has 1 N–H and O–H groups in total. The smallest absolute Gasteiger partial charge is 0.257 e. The summed E-state index contributed by atoms with van der Waals surface area (Å²) in [5.74, 6) is -0.581. The van der Waals surface area contributed by atoms with Crippen LogP contribution >= 0.6 is 0 Å². The van der Waals surface area contributed by atoms with Crippen molar-refractivity contribution < 1.29 is 9.18 Å². The maximum atomic E-state index is 12.7. The number of aromatic nitrogens is 1. The summed E-state index contributed by atoms with van der Waals surface area (Å²) in [5, 5.41) is 2.83. The summed E-state index contributed by atoms with van der Waals surface area (Å²) in [5.41, 5.74) is 2.16. The Kier molecular flexibility index (Phi) is 3.90. The topological polar surface area (TPSA) is 42.0 Å². The van der Waals surface area contributed by atoms with Crippen LogP contribution in [0.2, 0.25) is 0 Å². The van der Waals surface area contributed by atoms with Crippen molar-refractivity contribution >= 4 is 11.6 Å². The summed E-state index contributed by atoms with van der Waals surface area (Å²) in [6.45, 7) is 4.12. The van der Waals surface area contributed by atoms with Crippen LogP contribution in [0, 0.1) is 5.95 Å². The van der Waals surface area contributed by atoms with E-state index in [0.29, 0.717) is 11.5 Å². The standard InChI is InChI=1S/C15H15FN2O/c1-10(2)12-5-3-4-6-13(12)18-15(19)11-7-8-14(16)17-9-11/h3-10H,1-2H3,(H,18,19). The van der Waals surface area contributed by atoms with E-state index in [9.17, 15) is 9.18 Å². The van der Waals surface area contributed by atoms with Gasteiger partial charge in [0.05, 0.1) is 5.56 Å². The van der Waals surface area contributed by atoms with Crippen molar-refractivity contribution in [1.82, 2.24) is 4.98 Å². The number of pyridine rings is 1. The van der Waals surface area contributed by atoms with Crippen LogP contribution in [0.1, 0.15) is 35.7 Å². The molecule has 0 aliphatic carbocycles. The minimum absolute atomic E-state index is 0.291. The van der Waals surface area contributed by atoms with Crippen molar-refractivity contribution in [3.63, 3.8) is 0 Å². The SMILES string of the molecule is CC(C)c1ccccc1NC(=O)c1ccc(F)nc1. The van der Waals surface area contributed by atoms with E-state index in [4.69, 9.17) is 0 Å². The van der Waals surface area contributed by atoms with Crippen LogP contribution in [0.25, 0.3) is 0 Å². The molecule has 1 aromatic carbocycles. The molecule has 0 unspecified atom stereocenters. The predicted octanol–water partition coefficient (Wildman–Crippen LogP) is 3.60. The van der Waals surface area contributed by atoms with Gasteiger partial charge in [-0.05, 0) is 29.7 Å². The fourth-order valence-corrected chi connectivity index (χ4v) is 1.82. The number of nitrogens with one attached hydrogen (secondary N) is 1. The first-order chi connectivity index (χ1) is 9.08. The molecule has 2 rings (SSSR count). The summed E-state index contributed by atoms with van der Waals surface area (Å²) in [6, 6.07) is 10.2. The highest BCUT2D eigenvalue weighted by atomic mass is 19.1. The van der Waals surface area contributed by atoms with Crippen molar-refractivity contribution in [3.8, 4) is 0 Å². The Bertz CT molecular complexity index is 579. The van der Waals surface area contributed by atoms with Gasteiger partial charge in [0, 0.05) is 11.9 Å². The Morgan fingerprint density at radius 3 is 2.58 bits per heavy atom. The molecule has 0 saturated carbocycles. The number of hydrogen-bond donors (Lipinski definition) is 1. The molecule has 1 amide bonds. The average molecular weight is 258 g/mol. The van der Waals surface area contributed by atoms with Gasteiger partial charge in [-0.25, -0.2) is 4.98 Å². The summed E-state index contributed by atoms with van der Waals surface area (Å²) >= 11 is 0. The zero-order valence-corrected chi connectivity index (χ0v) is 10.9. The quantitative estimate of drug-likeness (QED) is 0.855. The van der Waals surface area contributed by atoms with Crippen LogP contribution in [0.5, 0.6) is 0 Å². The maximum Gasteiger partial charge on any atom is 0.257 e. The Hall–Kier alpha value is -2.23. The Labute approximate surface area is 111 Å². The van der Waals surface area contributed by atoms with Gasteiger partial charge < -0.3 is 5.32 Å². The van der Waals surface area contributed by atoms with E-state index in [2.05, 4.69) is 24.1 Å². The molecule has 0 radical (unpaired) electrons. The molecular formula is C15H15FN2O. The predicted molar refractivity (Wildman–Crippen MR) is 72.7 cm³/mol.